The van der Waals surface area contributed by atoms with Crippen molar-refractivity contribution < 1.29 is 9.53 Å². The molecule has 2 atom stereocenters. The third-order valence-corrected chi connectivity index (χ3v) is 4.12. The average molecular weight is 239 g/mol. The minimum absolute atomic E-state index is 0.0189. The topological polar surface area (TPSA) is 38.3 Å². The lowest BCUT2D eigenvalue weighted by molar-refractivity contribution is -0.149. The van der Waals surface area contributed by atoms with E-state index in [1.54, 1.807) is 0 Å². The van der Waals surface area contributed by atoms with Crippen molar-refractivity contribution in [3.05, 3.63) is 0 Å². The molecule has 98 valence electrons. The van der Waals surface area contributed by atoms with Crippen molar-refractivity contribution in [1.29, 1.82) is 0 Å². The molecule has 2 unspecified atom stereocenters. The van der Waals surface area contributed by atoms with Gasteiger partial charge in [0.1, 0.15) is 0 Å². The molecule has 0 aromatic heterocycles. The molecule has 0 saturated heterocycles. The third kappa shape index (κ3) is 3.70. The van der Waals surface area contributed by atoms with Crippen LogP contribution in [0.15, 0.2) is 0 Å². The van der Waals surface area contributed by atoms with Crippen LogP contribution in [0.2, 0.25) is 0 Å². The van der Waals surface area contributed by atoms with E-state index in [2.05, 4.69) is 5.32 Å². The molecule has 0 heterocycles. The summed E-state index contributed by atoms with van der Waals surface area (Å²) in [5.41, 5.74) is 0. The van der Waals surface area contributed by atoms with E-state index < -0.39 is 0 Å². The molecular weight excluding hydrogens is 214 g/mol. The van der Waals surface area contributed by atoms with Crippen LogP contribution in [-0.2, 0) is 9.53 Å². The molecule has 1 N–H and O–H groups in total. The quantitative estimate of drug-likeness (QED) is 0.766. The molecule has 17 heavy (non-hydrogen) atoms. The normalized spacial score (nSPS) is 30.4. The Balaban J connectivity index is 1.77. The Morgan fingerprint density at radius 1 is 1.12 bits per heavy atom. The van der Waals surface area contributed by atoms with Crippen molar-refractivity contribution >= 4 is 5.97 Å². The zero-order valence-electron chi connectivity index (χ0n) is 10.9. The van der Waals surface area contributed by atoms with Crippen LogP contribution in [0, 0.1) is 5.92 Å². The lowest BCUT2D eigenvalue weighted by atomic mass is 9.85. The van der Waals surface area contributed by atoms with E-state index in [0.29, 0.717) is 18.7 Å². The molecule has 0 radical (unpaired) electrons. The monoisotopic (exact) mass is 239 g/mol. The van der Waals surface area contributed by atoms with Gasteiger partial charge in [0.25, 0.3) is 0 Å². The van der Waals surface area contributed by atoms with Gasteiger partial charge in [-0.15, -0.1) is 0 Å². The highest BCUT2D eigenvalue weighted by Gasteiger charge is 2.29. The number of ether oxygens (including phenoxy) is 1. The van der Waals surface area contributed by atoms with Crippen molar-refractivity contribution in [2.75, 3.05) is 6.61 Å². The molecule has 0 aliphatic heterocycles. The summed E-state index contributed by atoms with van der Waals surface area (Å²) in [4.78, 5) is 11.7. The van der Waals surface area contributed by atoms with E-state index in [-0.39, 0.29) is 11.9 Å². The standard InChI is InChI=1S/C14H25NO2/c1-2-17-14(16)11-6-5-9-13(10-11)15-12-7-3-4-8-12/h11-13,15H,2-10H2,1H3. The van der Waals surface area contributed by atoms with Gasteiger partial charge in [0, 0.05) is 12.1 Å². The number of nitrogens with one attached hydrogen (secondary N) is 1. The predicted octanol–water partition coefficient (Wildman–Crippen LogP) is 2.64. The molecular formula is C14H25NO2. The number of carbonyl (C=O) groups is 1. The molecule has 2 fully saturated rings. The highest BCUT2D eigenvalue weighted by Crippen LogP contribution is 2.27. The van der Waals surface area contributed by atoms with Crippen molar-refractivity contribution in [2.24, 2.45) is 5.92 Å². The summed E-state index contributed by atoms with van der Waals surface area (Å²) in [6.07, 6.45) is 9.76. The van der Waals surface area contributed by atoms with E-state index in [1.165, 1.54) is 32.1 Å². The molecule has 2 saturated carbocycles. The summed E-state index contributed by atoms with van der Waals surface area (Å²) in [5, 5.41) is 3.74. The van der Waals surface area contributed by atoms with E-state index >= 15 is 0 Å². The van der Waals surface area contributed by atoms with Gasteiger partial charge in [-0.05, 0) is 39.0 Å². The maximum Gasteiger partial charge on any atom is 0.308 e. The highest BCUT2D eigenvalue weighted by molar-refractivity contribution is 5.72. The largest absolute Gasteiger partial charge is 0.466 e. The Kier molecular flexibility index (Phi) is 4.84. The summed E-state index contributed by atoms with van der Waals surface area (Å²) < 4.78 is 5.13. The fourth-order valence-corrected chi connectivity index (χ4v) is 3.24. The molecule has 2 aliphatic rings. The van der Waals surface area contributed by atoms with Crippen molar-refractivity contribution in [1.82, 2.24) is 5.32 Å². The molecule has 0 aromatic carbocycles. The fraction of sp³-hybridized carbons (Fsp3) is 0.929. The number of rotatable bonds is 4. The van der Waals surface area contributed by atoms with Crippen LogP contribution >= 0.6 is 0 Å². The fourth-order valence-electron chi connectivity index (χ4n) is 3.24. The van der Waals surface area contributed by atoms with Crippen LogP contribution in [0.3, 0.4) is 0 Å². The first kappa shape index (κ1) is 12.9. The first-order valence-corrected chi connectivity index (χ1v) is 7.22. The van der Waals surface area contributed by atoms with Gasteiger partial charge in [0.15, 0.2) is 0 Å². The zero-order valence-corrected chi connectivity index (χ0v) is 10.9. The SMILES string of the molecule is CCOC(=O)C1CCCC(NC2CCCC2)C1. The number of esters is 1. The van der Waals surface area contributed by atoms with Gasteiger partial charge >= 0.3 is 5.97 Å². The van der Waals surface area contributed by atoms with Crippen LogP contribution in [-0.4, -0.2) is 24.7 Å². The number of carbonyl (C=O) groups excluding carboxylic acids is 1. The molecule has 0 aromatic rings. The molecule has 2 aliphatic carbocycles. The Labute approximate surface area is 104 Å². The van der Waals surface area contributed by atoms with Gasteiger partial charge in [-0.25, -0.2) is 0 Å². The van der Waals surface area contributed by atoms with E-state index in [4.69, 9.17) is 4.74 Å². The van der Waals surface area contributed by atoms with Gasteiger partial charge in [-0.3, -0.25) is 4.79 Å². The van der Waals surface area contributed by atoms with Gasteiger partial charge < -0.3 is 10.1 Å². The van der Waals surface area contributed by atoms with E-state index in [9.17, 15) is 4.79 Å². The molecule has 0 amide bonds. The number of hydrogen-bond acceptors (Lipinski definition) is 3. The zero-order chi connectivity index (χ0) is 12.1. The third-order valence-electron chi connectivity index (χ3n) is 4.12. The lowest BCUT2D eigenvalue weighted by Crippen LogP contribution is -2.41. The summed E-state index contributed by atoms with van der Waals surface area (Å²) in [6.45, 7) is 2.39. The Hall–Kier alpha value is -0.570. The summed E-state index contributed by atoms with van der Waals surface area (Å²) in [6, 6.07) is 1.25. The van der Waals surface area contributed by atoms with Crippen LogP contribution in [0.5, 0.6) is 0 Å². The van der Waals surface area contributed by atoms with Crippen molar-refractivity contribution in [3.8, 4) is 0 Å². The molecule has 0 spiro atoms. The first-order valence-electron chi connectivity index (χ1n) is 7.22. The van der Waals surface area contributed by atoms with Crippen LogP contribution < -0.4 is 5.32 Å². The second-order valence-corrected chi connectivity index (χ2v) is 5.46. The van der Waals surface area contributed by atoms with Gasteiger partial charge in [-0.1, -0.05) is 19.3 Å². The molecule has 3 nitrogen and oxygen atoms in total. The smallest absolute Gasteiger partial charge is 0.308 e. The second-order valence-electron chi connectivity index (χ2n) is 5.46. The second kappa shape index (κ2) is 6.39. The highest BCUT2D eigenvalue weighted by atomic mass is 16.5. The van der Waals surface area contributed by atoms with E-state index in [1.807, 2.05) is 6.92 Å². The first-order chi connectivity index (χ1) is 8.29. The van der Waals surface area contributed by atoms with Crippen LogP contribution in [0.1, 0.15) is 58.3 Å². The lowest BCUT2D eigenvalue weighted by Gasteiger charge is -2.30. The molecule has 3 heteroatoms. The minimum atomic E-state index is 0.0189. The van der Waals surface area contributed by atoms with Crippen molar-refractivity contribution in [3.63, 3.8) is 0 Å². The maximum absolute atomic E-state index is 11.7. The van der Waals surface area contributed by atoms with Crippen LogP contribution in [0.25, 0.3) is 0 Å². The van der Waals surface area contributed by atoms with E-state index in [0.717, 1.165) is 19.3 Å². The number of hydrogen-bond donors (Lipinski definition) is 1. The maximum atomic E-state index is 11.7. The van der Waals surface area contributed by atoms with Gasteiger partial charge in [0.05, 0.1) is 12.5 Å². The van der Waals surface area contributed by atoms with Gasteiger partial charge in [-0.2, -0.15) is 0 Å². The van der Waals surface area contributed by atoms with Crippen molar-refractivity contribution in [2.45, 2.75) is 70.4 Å². The molecule has 0 bridgehead atoms. The Morgan fingerprint density at radius 2 is 1.82 bits per heavy atom. The van der Waals surface area contributed by atoms with Crippen LogP contribution in [0.4, 0.5) is 0 Å². The van der Waals surface area contributed by atoms with Gasteiger partial charge in [0.2, 0.25) is 0 Å². The Bertz CT molecular complexity index is 249. The summed E-state index contributed by atoms with van der Waals surface area (Å²) in [5.74, 6) is 0.160. The Morgan fingerprint density at radius 3 is 2.53 bits per heavy atom. The summed E-state index contributed by atoms with van der Waals surface area (Å²) >= 11 is 0. The summed E-state index contributed by atoms with van der Waals surface area (Å²) in [7, 11) is 0. The minimum Gasteiger partial charge on any atom is -0.466 e. The molecule has 2 rings (SSSR count). The average Bonchev–Trinajstić information content (AvgIpc) is 2.82. The predicted molar refractivity (Wildman–Crippen MR) is 67.8 cm³/mol.